The van der Waals surface area contributed by atoms with Crippen molar-refractivity contribution in [2.24, 2.45) is 0 Å². The molecule has 0 aliphatic heterocycles. The minimum absolute atomic E-state index is 0.751. The molecule has 0 bridgehead atoms. The van der Waals surface area contributed by atoms with Crippen LogP contribution in [-0.2, 0) is 6.54 Å². The summed E-state index contributed by atoms with van der Waals surface area (Å²) in [6.45, 7) is 0.751. The van der Waals surface area contributed by atoms with Crippen LogP contribution >= 0.6 is 0 Å². The van der Waals surface area contributed by atoms with Crippen LogP contribution in [0.3, 0.4) is 0 Å². The Morgan fingerprint density at radius 3 is 2.76 bits per heavy atom. The Labute approximate surface area is 101 Å². The molecule has 0 unspecified atom stereocenters. The van der Waals surface area contributed by atoms with Crippen molar-refractivity contribution in [2.75, 3.05) is 24.3 Å². The Balaban J connectivity index is 2.11. The van der Waals surface area contributed by atoms with Gasteiger partial charge in [0.2, 0.25) is 0 Å². The first-order valence-corrected chi connectivity index (χ1v) is 5.55. The van der Waals surface area contributed by atoms with E-state index >= 15 is 0 Å². The third-order valence-electron chi connectivity index (χ3n) is 2.51. The minimum atomic E-state index is 0.751. The van der Waals surface area contributed by atoms with E-state index in [2.05, 4.69) is 20.2 Å². The van der Waals surface area contributed by atoms with Gasteiger partial charge in [-0.15, -0.1) is 0 Å². The first kappa shape index (κ1) is 11.4. The van der Waals surface area contributed by atoms with Crippen molar-refractivity contribution < 1.29 is 0 Å². The van der Waals surface area contributed by atoms with Gasteiger partial charge in [-0.2, -0.15) is 0 Å². The Morgan fingerprint density at radius 1 is 1.18 bits per heavy atom. The van der Waals surface area contributed by atoms with Gasteiger partial charge in [0.1, 0.15) is 11.6 Å². The summed E-state index contributed by atoms with van der Waals surface area (Å²) in [5.74, 6) is 1.80. The van der Waals surface area contributed by atoms with E-state index in [9.17, 15) is 0 Å². The first-order chi connectivity index (χ1) is 8.29. The molecule has 2 aromatic rings. The van der Waals surface area contributed by atoms with Crippen LogP contribution in [0.2, 0.25) is 0 Å². The maximum Gasteiger partial charge on any atom is 0.131 e. The fraction of sp³-hybridized carbons (Fsp3) is 0.231. The molecule has 0 saturated carbocycles. The summed E-state index contributed by atoms with van der Waals surface area (Å²) in [5, 5.41) is 3.03. The molecule has 2 heterocycles. The molecule has 2 rings (SSSR count). The van der Waals surface area contributed by atoms with Crippen LogP contribution in [0, 0.1) is 0 Å². The lowest BCUT2D eigenvalue weighted by Crippen LogP contribution is -2.18. The van der Waals surface area contributed by atoms with Gasteiger partial charge in [-0.25, -0.2) is 4.98 Å². The van der Waals surface area contributed by atoms with Gasteiger partial charge < -0.3 is 10.2 Å². The lowest BCUT2D eigenvalue weighted by molar-refractivity contribution is 0.866. The second-order valence-corrected chi connectivity index (χ2v) is 3.81. The number of hydrogen-bond donors (Lipinski definition) is 1. The monoisotopic (exact) mass is 228 g/mol. The third kappa shape index (κ3) is 2.93. The minimum Gasteiger partial charge on any atom is -0.373 e. The second kappa shape index (κ2) is 5.30. The fourth-order valence-corrected chi connectivity index (χ4v) is 1.59. The average Bonchev–Trinajstić information content (AvgIpc) is 2.40. The summed E-state index contributed by atoms with van der Waals surface area (Å²) in [5.41, 5.74) is 1.03. The molecule has 4 nitrogen and oxygen atoms in total. The molecule has 0 radical (unpaired) electrons. The normalized spacial score (nSPS) is 10.0. The van der Waals surface area contributed by atoms with E-state index in [1.807, 2.05) is 50.5 Å². The van der Waals surface area contributed by atoms with Crippen LogP contribution < -0.4 is 10.2 Å². The molecular formula is C13H16N4. The van der Waals surface area contributed by atoms with Crippen LogP contribution in [0.1, 0.15) is 5.69 Å². The van der Waals surface area contributed by atoms with Gasteiger partial charge in [-0.3, -0.25) is 4.98 Å². The van der Waals surface area contributed by atoms with Crippen LogP contribution in [0.15, 0.2) is 42.6 Å². The molecule has 0 spiro atoms. The SMILES string of the molecule is CNc1cccc(N(C)Cc2ccccn2)n1. The van der Waals surface area contributed by atoms with Crippen molar-refractivity contribution in [1.82, 2.24) is 9.97 Å². The summed E-state index contributed by atoms with van der Waals surface area (Å²) < 4.78 is 0. The van der Waals surface area contributed by atoms with E-state index in [-0.39, 0.29) is 0 Å². The number of aromatic nitrogens is 2. The van der Waals surface area contributed by atoms with Crippen molar-refractivity contribution in [2.45, 2.75) is 6.54 Å². The molecule has 0 fully saturated rings. The molecule has 0 aromatic carbocycles. The number of hydrogen-bond acceptors (Lipinski definition) is 4. The molecule has 1 N–H and O–H groups in total. The topological polar surface area (TPSA) is 41.0 Å². The number of anilines is 2. The zero-order valence-electron chi connectivity index (χ0n) is 10.1. The lowest BCUT2D eigenvalue weighted by atomic mass is 10.3. The molecule has 0 aliphatic carbocycles. The van der Waals surface area contributed by atoms with Crippen LogP contribution in [0.5, 0.6) is 0 Å². The highest BCUT2D eigenvalue weighted by Crippen LogP contribution is 2.14. The number of nitrogens with zero attached hydrogens (tertiary/aromatic N) is 3. The first-order valence-electron chi connectivity index (χ1n) is 5.55. The van der Waals surface area contributed by atoms with Crippen molar-refractivity contribution >= 4 is 11.6 Å². The summed E-state index contributed by atoms with van der Waals surface area (Å²) in [7, 11) is 3.88. The summed E-state index contributed by atoms with van der Waals surface area (Å²) in [6.07, 6.45) is 1.81. The highest BCUT2D eigenvalue weighted by Gasteiger charge is 2.04. The summed E-state index contributed by atoms with van der Waals surface area (Å²) >= 11 is 0. The van der Waals surface area contributed by atoms with Gasteiger partial charge in [-0.05, 0) is 24.3 Å². The molecule has 0 saturated heterocycles. The Bertz CT molecular complexity index is 470. The number of nitrogens with one attached hydrogen (secondary N) is 1. The second-order valence-electron chi connectivity index (χ2n) is 3.81. The van der Waals surface area contributed by atoms with Crippen molar-refractivity contribution in [1.29, 1.82) is 0 Å². The zero-order chi connectivity index (χ0) is 12.1. The van der Waals surface area contributed by atoms with E-state index in [0.717, 1.165) is 23.9 Å². The standard InChI is InChI=1S/C13H16N4/c1-14-12-7-5-8-13(16-12)17(2)10-11-6-3-4-9-15-11/h3-9H,10H2,1-2H3,(H,14,16). The predicted molar refractivity (Wildman–Crippen MR) is 70.1 cm³/mol. The molecule has 17 heavy (non-hydrogen) atoms. The van der Waals surface area contributed by atoms with E-state index < -0.39 is 0 Å². The highest BCUT2D eigenvalue weighted by molar-refractivity contribution is 5.46. The van der Waals surface area contributed by atoms with E-state index in [1.165, 1.54) is 0 Å². The van der Waals surface area contributed by atoms with Crippen molar-refractivity contribution in [3.63, 3.8) is 0 Å². The lowest BCUT2D eigenvalue weighted by Gasteiger charge is -2.18. The molecule has 0 amide bonds. The van der Waals surface area contributed by atoms with Gasteiger partial charge in [0, 0.05) is 20.3 Å². The van der Waals surface area contributed by atoms with Gasteiger partial charge in [-0.1, -0.05) is 12.1 Å². The Kier molecular flexibility index (Phi) is 3.55. The van der Waals surface area contributed by atoms with Gasteiger partial charge in [0.25, 0.3) is 0 Å². The third-order valence-corrected chi connectivity index (χ3v) is 2.51. The van der Waals surface area contributed by atoms with Gasteiger partial charge >= 0.3 is 0 Å². The molecule has 0 aliphatic rings. The molecule has 88 valence electrons. The van der Waals surface area contributed by atoms with E-state index in [1.54, 1.807) is 6.20 Å². The summed E-state index contributed by atoms with van der Waals surface area (Å²) in [6, 6.07) is 11.8. The summed E-state index contributed by atoms with van der Waals surface area (Å²) in [4.78, 5) is 10.8. The van der Waals surface area contributed by atoms with Crippen LogP contribution in [-0.4, -0.2) is 24.1 Å². The van der Waals surface area contributed by atoms with Crippen LogP contribution in [0.4, 0.5) is 11.6 Å². The molecular weight excluding hydrogens is 212 g/mol. The van der Waals surface area contributed by atoms with Gasteiger partial charge in [0.05, 0.1) is 12.2 Å². The fourth-order valence-electron chi connectivity index (χ4n) is 1.59. The van der Waals surface area contributed by atoms with Gasteiger partial charge in [0.15, 0.2) is 0 Å². The molecule has 4 heteroatoms. The Hall–Kier alpha value is -2.10. The number of pyridine rings is 2. The maximum atomic E-state index is 4.47. The zero-order valence-corrected chi connectivity index (χ0v) is 10.1. The van der Waals surface area contributed by atoms with Crippen LogP contribution in [0.25, 0.3) is 0 Å². The molecule has 2 aromatic heterocycles. The maximum absolute atomic E-state index is 4.47. The average molecular weight is 228 g/mol. The largest absolute Gasteiger partial charge is 0.373 e. The smallest absolute Gasteiger partial charge is 0.131 e. The van der Waals surface area contributed by atoms with Crippen molar-refractivity contribution in [3.05, 3.63) is 48.3 Å². The van der Waals surface area contributed by atoms with Crippen molar-refractivity contribution in [3.8, 4) is 0 Å². The molecule has 0 atom stereocenters. The quantitative estimate of drug-likeness (QED) is 0.870. The van der Waals surface area contributed by atoms with E-state index in [0.29, 0.717) is 0 Å². The Morgan fingerprint density at radius 2 is 2.06 bits per heavy atom. The number of rotatable bonds is 4. The predicted octanol–water partition coefficient (Wildman–Crippen LogP) is 2.15. The highest BCUT2D eigenvalue weighted by atomic mass is 15.2. The van der Waals surface area contributed by atoms with E-state index in [4.69, 9.17) is 0 Å².